The van der Waals surface area contributed by atoms with Gasteiger partial charge in [-0.05, 0) is 25.7 Å². The van der Waals surface area contributed by atoms with Crippen LogP contribution in [0.1, 0.15) is 51.9 Å². The molecule has 0 saturated heterocycles. The van der Waals surface area contributed by atoms with Crippen molar-refractivity contribution in [2.24, 2.45) is 5.73 Å². The molecular weight excluding hydrogens is 304 g/mol. The zero-order valence-corrected chi connectivity index (χ0v) is 14.6. The molecule has 0 aromatic carbocycles. The summed E-state index contributed by atoms with van der Waals surface area (Å²) in [5.41, 5.74) is 5.49. The fourth-order valence-corrected chi connectivity index (χ4v) is 3.42. The lowest BCUT2D eigenvalue weighted by atomic mass is 9.84. The summed E-state index contributed by atoms with van der Waals surface area (Å²) in [5.74, 6) is -0.368. The molecule has 1 fully saturated rings. The van der Waals surface area contributed by atoms with E-state index >= 15 is 0 Å². The summed E-state index contributed by atoms with van der Waals surface area (Å²) in [6.45, 7) is 3.21. The van der Waals surface area contributed by atoms with Crippen LogP contribution in [0.5, 0.6) is 0 Å². The third-order valence-corrected chi connectivity index (χ3v) is 5.08. The number of nitrogens with one attached hydrogen (secondary N) is 1. The molecule has 0 aliphatic heterocycles. The highest BCUT2D eigenvalue weighted by atomic mass is 32.2. The van der Waals surface area contributed by atoms with Gasteiger partial charge in [0.05, 0.1) is 17.4 Å². The summed E-state index contributed by atoms with van der Waals surface area (Å²) < 4.78 is 28.3. The smallest absolute Gasteiger partial charge is 0.237 e. The molecule has 0 radical (unpaired) electrons. The van der Waals surface area contributed by atoms with Gasteiger partial charge in [0.1, 0.15) is 9.84 Å². The van der Waals surface area contributed by atoms with E-state index < -0.39 is 15.9 Å². The van der Waals surface area contributed by atoms with Gasteiger partial charge in [-0.25, -0.2) is 8.42 Å². The molecule has 22 heavy (non-hydrogen) atoms. The lowest BCUT2D eigenvalue weighted by molar-refractivity contribution is -0.125. The van der Waals surface area contributed by atoms with Crippen LogP contribution in [0.4, 0.5) is 0 Å². The average molecular weight is 334 g/mol. The normalized spacial score (nSPS) is 19.6. The molecule has 6 nitrogen and oxygen atoms in total. The van der Waals surface area contributed by atoms with Crippen LogP contribution in [-0.4, -0.2) is 51.1 Å². The van der Waals surface area contributed by atoms with Crippen LogP contribution in [0.2, 0.25) is 0 Å². The van der Waals surface area contributed by atoms with Gasteiger partial charge < -0.3 is 15.8 Å². The lowest BCUT2D eigenvalue weighted by Crippen LogP contribution is -2.50. The summed E-state index contributed by atoms with van der Waals surface area (Å²) >= 11 is 0. The minimum absolute atomic E-state index is 0.0704. The molecule has 7 heteroatoms. The van der Waals surface area contributed by atoms with Crippen molar-refractivity contribution in [2.75, 3.05) is 25.2 Å². The molecule has 130 valence electrons. The van der Waals surface area contributed by atoms with Crippen LogP contribution < -0.4 is 11.1 Å². The van der Waals surface area contributed by atoms with Gasteiger partial charge in [0, 0.05) is 19.4 Å². The maximum atomic E-state index is 12.0. The predicted molar refractivity (Wildman–Crippen MR) is 87.4 cm³/mol. The molecule has 1 amide bonds. The number of ether oxygens (including phenoxy) is 1. The summed E-state index contributed by atoms with van der Waals surface area (Å²) in [6, 6.07) is -0.790. The highest BCUT2D eigenvalue weighted by Gasteiger charge is 2.33. The van der Waals surface area contributed by atoms with E-state index in [0.717, 1.165) is 38.4 Å². The van der Waals surface area contributed by atoms with Crippen LogP contribution in [0.3, 0.4) is 0 Å². The molecule has 3 N–H and O–H groups in total. The lowest BCUT2D eigenvalue weighted by Gasteiger charge is -2.37. The largest absolute Gasteiger partial charge is 0.373 e. The Labute approximate surface area is 134 Å². The van der Waals surface area contributed by atoms with Crippen molar-refractivity contribution >= 4 is 15.7 Å². The van der Waals surface area contributed by atoms with Crippen LogP contribution in [-0.2, 0) is 19.4 Å². The first-order valence-corrected chi connectivity index (χ1v) is 10.2. The van der Waals surface area contributed by atoms with E-state index in [4.69, 9.17) is 10.5 Å². The minimum Gasteiger partial charge on any atom is -0.373 e. The van der Waals surface area contributed by atoms with Gasteiger partial charge in [0.2, 0.25) is 5.91 Å². The molecule has 1 saturated carbocycles. The van der Waals surface area contributed by atoms with Gasteiger partial charge in [0.15, 0.2) is 0 Å². The SMILES string of the molecule is CCCOC1(CNC(=O)C(N)CCS(C)(=O)=O)CCCCC1. The Balaban J connectivity index is 2.47. The van der Waals surface area contributed by atoms with Crippen molar-refractivity contribution in [3.8, 4) is 0 Å². The predicted octanol–water partition coefficient (Wildman–Crippen LogP) is 0.994. The van der Waals surface area contributed by atoms with Crippen molar-refractivity contribution < 1.29 is 17.9 Å². The van der Waals surface area contributed by atoms with Crippen molar-refractivity contribution in [3.05, 3.63) is 0 Å². The number of amides is 1. The van der Waals surface area contributed by atoms with Crippen molar-refractivity contribution in [3.63, 3.8) is 0 Å². The Hall–Kier alpha value is -0.660. The average Bonchev–Trinajstić information content (AvgIpc) is 2.48. The second-order valence-corrected chi connectivity index (χ2v) is 8.59. The first kappa shape index (κ1) is 19.4. The Bertz CT molecular complexity index is 444. The molecule has 0 bridgehead atoms. The van der Waals surface area contributed by atoms with Gasteiger partial charge in [-0.2, -0.15) is 0 Å². The zero-order chi connectivity index (χ0) is 16.6. The Morgan fingerprint density at radius 2 is 1.95 bits per heavy atom. The third-order valence-electron chi connectivity index (χ3n) is 4.10. The van der Waals surface area contributed by atoms with E-state index in [1.807, 2.05) is 0 Å². The Morgan fingerprint density at radius 1 is 1.32 bits per heavy atom. The van der Waals surface area contributed by atoms with Crippen molar-refractivity contribution in [1.29, 1.82) is 0 Å². The van der Waals surface area contributed by atoms with Crippen LogP contribution in [0.15, 0.2) is 0 Å². The highest BCUT2D eigenvalue weighted by Crippen LogP contribution is 2.31. The number of hydrogen-bond donors (Lipinski definition) is 2. The number of rotatable bonds is 9. The molecule has 1 unspecified atom stereocenters. The van der Waals surface area contributed by atoms with Gasteiger partial charge in [0.25, 0.3) is 0 Å². The quantitative estimate of drug-likeness (QED) is 0.655. The maximum Gasteiger partial charge on any atom is 0.237 e. The third kappa shape index (κ3) is 7.07. The number of carbonyl (C=O) groups is 1. The number of nitrogens with two attached hydrogens (primary N) is 1. The summed E-state index contributed by atoms with van der Waals surface area (Å²) in [6.07, 6.45) is 7.57. The van der Waals surface area contributed by atoms with Crippen molar-refractivity contribution in [2.45, 2.75) is 63.5 Å². The molecule has 0 heterocycles. The summed E-state index contributed by atoms with van der Waals surface area (Å²) in [7, 11) is -3.10. The molecule has 0 aromatic rings. The van der Waals surface area contributed by atoms with Crippen LogP contribution in [0.25, 0.3) is 0 Å². The van der Waals surface area contributed by atoms with E-state index in [2.05, 4.69) is 12.2 Å². The maximum absolute atomic E-state index is 12.0. The second-order valence-electron chi connectivity index (χ2n) is 6.33. The monoisotopic (exact) mass is 334 g/mol. The minimum atomic E-state index is -3.10. The van der Waals surface area contributed by atoms with Gasteiger partial charge in [-0.3, -0.25) is 4.79 Å². The second kappa shape index (κ2) is 8.84. The van der Waals surface area contributed by atoms with E-state index in [0.29, 0.717) is 13.2 Å². The summed E-state index contributed by atoms with van der Waals surface area (Å²) in [4.78, 5) is 12.0. The van der Waals surface area contributed by atoms with Gasteiger partial charge in [-0.1, -0.05) is 26.2 Å². The molecule has 1 rings (SSSR count). The van der Waals surface area contributed by atoms with E-state index in [1.54, 1.807) is 0 Å². The molecule has 0 spiro atoms. The number of sulfone groups is 1. The first-order valence-electron chi connectivity index (χ1n) is 8.13. The van der Waals surface area contributed by atoms with Crippen LogP contribution >= 0.6 is 0 Å². The molecule has 1 atom stereocenters. The zero-order valence-electron chi connectivity index (χ0n) is 13.8. The highest BCUT2D eigenvalue weighted by molar-refractivity contribution is 7.90. The summed E-state index contributed by atoms with van der Waals surface area (Å²) in [5, 5.41) is 2.85. The van der Waals surface area contributed by atoms with E-state index in [9.17, 15) is 13.2 Å². The van der Waals surface area contributed by atoms with Crippen molar-refractivity contribution in [1.82, 2.24) is 5.32 Å². The van der Waals surface area contributed by atoms with E-state index in [1.165, 1.54) is 6.42 Å². The first-order chi connectivity index (χ1) is 10.3. The fraction of sp³-hybridized carbons (Fsp3) is 0.933. The molecule has 1 aliphatic rings. The molecular formula is C15H30N2O4S. The Morgan fingerprint density at radius 3 is 2.50 bits per heavy atom. The Kier molecular flexibility index (Phi) is 7.79. The van der Waals surface area contributed by atoms with Gasteiger partial charge >= 0.3 is 0 Å². The van der Waals surface area contributed by atoms with E-state index in [-0.39, 0.29) is 23.7 Å². The van der Waals surface area contributed by atoms with Gasteiger partial charge in [-0.15, -0.1) is 0 Å². The number of carbonyl (C=O) groups excluding carboxylic acids is 1. The fourth-order valence-electron chi connectivity index (χ4n) is 2.74. The van der Waals surface area contributed by atoms with Crippen LogP contribution in [0, 0.1) is 0 Å². The molecule has 1 aliphatic carbocycles. The number of hydrogen-bond acceptors (Lipinski definition) is 5. The standard InChI is InChI=1S/C15H30N2O4S/c1-3-10-21-15(8-5-4-6-9-15)12-17-14(18)13(16)7-11-22(2,19)20/h13H,3-12,16H2,1-2H3,(H,17,18). The molecule has 0 aromatic heterocycles. The topological polar surface area (TPSA) is 98.5 Å².